The summed E-state index contributed by atoms with van der Waals surface area (Å²) < 4.78 is 5.06. The molecule has 0 unspecified atom stereocenters. The van der Waals surface area contributed by atoms with Crippen LogP contribution in [0.5, 0.6) is 5.88 Å². The third-order valence-electron chi connectivity index (χ3n) is 3.24. The van der Waals surface area contributed by atoms with Gasteiger partial charge in [-0.25, -0.2) is 9.78 Å². The first-order valence-electron chi connectivity index (χ1n) is 6.43. The SMILES string of the molecule is COc1ncccc1NC(=O)NC1CCC(O)CC1. The van der Waals surface area contributed by atoms with Gasteiger partial charge in [0, 0.05) is 12.2 Å². The van der Waals surface area contributed by atoms with Crippen molar-refractivity contribution >= 4 is 11.7 Å². The molecule has 3 N–H and O–H groups in total. The number of carbonyl (C=O) groups excluding carboxylic acids is 1. The van der Waals surface area contributed by atoms with Gasteiger partial charge in [0.2, 0.25) is 5.88 Å². The summed E-state index contributed by atoms with van der Waals surface area (Å²) in [6.07, 6.45) is 4.46. The van der Waals surface area contributed by atoms with Crippen LogP contribution in [0.2, 0.25) is 0 Å². The first-order valence-corrected chi connectivity index (χ1v) is 6.43. The van der Waals surface area contributed by atoms with E-state index in [-0.39, 0.29) is 18.2 Å². The average Bonchev–Trinajstić information content (AvgIpc) is 2.42. The van der Waals surface area contributed by atoms with Crippen LogP contribution in [0, 0.1) is 0 Å². The highest BCUT2D eigenvalue weighted by molar-refractivity contribution is 5.90. The Bertz CT molecular complexity index is 431. The van der Waals surface area contributed by atoms with Crippen LogP contribution in [0.1, 0.15) is 25.7 Å². The molecule has 1 heterocycles. The molecular weight excluding hydrogens is 246 g/mol. The van der Waals surface area contributed by atoms with Gasteiger partial charge in [-0.05, 0) is 37.8 Å². The monoisotopic (exact) mass is 265 g/mol. The van der Waals surface area contributed by atoms with Crippen LogP contribution in [-0.4, -0.2) is 35.4 Å². The van der Waals surface area contributed by atoms with Crippen molar-refractivity contribution in [3.8, 4) is 5.88 Å². The maximum absolute atomic E-state index is 11.9. The summed E-state index contributed by atoms with van der Waals surface area (Å²) in [5, 5.41) is 15.0. The lowest BCUT2D eigenvalue weighted by molar-refractivity contribution is 0.118. The fourth-order valence-corrected chi connectivity index (χ4v) is 2.21. The second-order valence-electron chi connectivity index (χ2n) is 4.66. The molecule has 0 radical (unpaired) electrons. The van der Waals surface area contributed by atoms with Gasteiger partial charge in [0.25, 0.3) is 0 Å². The molecule has 1 aromatic heterocycles. The molecule has 104 valence electrons. The Kier molecular flexibility index (Phi) is 4.57. The van der Waals surface area contributed by atoms with Crippen molar-refractivity contribution in [2.75, 3.05) is 12.4 Å². The molecule has 0 atom stereocenters. The van der Waals surface area contributed by atoms with Crippen LogP contribution in [0.4, 0.5) is 10.5 Å². The van der Waals surface area contributed by atoms with Gasteiger partial charge < -0.3 is 20.5 Å². The van der Waals surface area contributed by atoms with Crippen molar-refractivity contribution in [3.63, 3.8) is 0 Å². The zero-order valence-electron chi connectivity index (χ0n) is 10.9. The van der Waals surface area contributed by atoms with Gasteiger partial charge >= 0.3 is 6.03 Å². The van der Waals surface area contributed by atoms with Crippen LogP contribution >= 0.6 is 0 Å². The van der Waals surface area contributed by atoms with Gasteiger partial charge in [-0.1, -0.05) is 0 Å². The lowest BCUT2D eigenvalue weighted by Gasteiger charge is -2.26. The fraction of sp³-hybridized carbons (Fsp3) is 0.538. The molecule has 1 fully saturated rings. The number of pyridine rings is 1. The minimum atomic E-state index is -0.271. The van der Waals surface area contributed by atoms with Crippen LogP contribution in [-0.2, 0) is 0 Å². The molecule has 1 aliphatic carbocycles. The van der Waals surface area contributed by atoms with Crippen LogP contribution < -0.4 is 15.4 Å². The lowest BCUT2D eigenvalue weighted by Crippen LogP contribution is -2.40. The summed E-state index contributed by atoms with van der Waals surface area (Å²) >= 11 is 0. The number of aliphatic hydroxyl groups excluding tert-OH is 1. The summed E-state index contributed by atoms with van der Waals surface area (Å²) in [4.78, 5) is 15.9. The summed E-state index contributed by atoms with van der Waals surface area (Å²) in [7, 11) is 1.51. The predicted octanol–water partition coefficient (Wildman–Crippen LogP) is 1.52. The molecule has 0 aliphatic heterocycles. The number of ether oxygens (including phenoxy) is 1. The number of carbonyl (C=O) groups is 1. The van der Waals surface area contributed by atoms with Gasteiger partial charge in [0.1, 0.15) is 5.69 Å². The number of amides is 2. The molecule has 1 aromatic rings. The van der Waals surface area contributed by atoms with E-state index in [1.54, 1.807) is 18.3 Å². The van der Waals surface area contributed by atoms with Crippen molar-refractivity contribution in [1.29, 1.82) is 0 Å². The standard InChI is InChI=1S/C13H19N3O3/c1-19-12-11(3-2-8-14-12)16-13(18)15-9-4-6-10(17)7-5-9/h2-3,8-10,17H,4-7H2,1H3,(H2,15,16,18). The maximum atomic E-state index is 11.9. The molecule has 6 nitrogen and oxygen atoms in total. The zero-order valence-corrected chi connectivity index (χ0v) is 10.9. The Morgan fingerprint density at radius 2 is 2.16 bits per heavy atom. The molecule has 0 aromatic carbocycles. The van der Waals surface area contributed by atoms with E-state index in [9.17, 15) is 9.90 Å². The number of rotatable bonds is 3. The molecule has 0 saturated heterocycles. The maximum Gasteiger partial charge on any atom is 0.319 e. The summed E-state index contributed by atoms with van der Waals surface area (Å²) in [5.41, 5.74) is 0.540. The number of nitrogens with zero attached hydrogens (tertiary/aromatic N) is 1. The molecule has 19 heavy (non-hydrogen) atoms. The molecule has 1 saturated carbocycles. The second-order valence-corrected chi connectivity index (χ2v) is 4.66. The number of aliphatic hydroxyl groups is 1. The quantitative estimate of drug-likeness (QED) is 0.773. The number of hydrogen-bond donors (Lipinski definition) is 3. The lowest BCUT2D eigenvalue weighted by atomic mass is 9.93. The van der Waals surface area contributed by atoms with E-state index in [0.29, 0.717) is 11.6 Å². The van der Waals surface area contributed by atoms with Gasteiger partial charge in [-0.15, -0.1) is 0 Å². The van der Waals surface area contributed by atoms with E-state index in [2.05, 4.69) is 15.6 Å². The van der Waals surface area contributed by atoms with Gasteiger partial charge in [-0.2, -0.15) is 0 Å². The van der Waals surface area contributed by atoms with Crippen molar-refractivity contribution in [2.24, 2.45) is 0 Å². The average molecular weight is 265 g/mol. The third kappa shape index (κ3) is 3.82. The highest BCUT2D eigenvalue weighted by Gasteiger charge is 2.21. The van der Waals surface area contributed by atoms with Crippen molar-refractivity contribution in [1.82, 2.24) is 10.3 Å². The van der Waals surface area contributed by atoms with Gasteiger partial charge in [-0.3, -0.25) is 0 Å². The fourth-order valence-electron chi connectivity index (χ4n) is 2.21. The Balaban J connectivity index is 1.87. The topological polar surface area (TPSA) is 83.5 Å². The minimum absolute atomic E-state index is 0.117. The number of anilines is 1. The van der Waals surface area contributed by atoms with Crippen molar-refractivity contribution < 1.29 is 14.6 Å². The smallest absolute Gasteiger partial charge is 0.319 e. The largest absolute Gasteiger partial charge is 0.480 e. The van der Waals surface area contributed by atoms with E-state index in [4.69, 9.17) is 4.74 Å². The molecule has 2 amide bonds. The zero-order chi connectivity index (χ0) is 13.7. The van der Waals surface area contributed by atoms with E-state index in [0.717, 1.165) is 25.7 Å². The van der Waals surface area contributed by atoms with E-state index in [1.807, 2.05) is 0 Å². The Morgan fingerprint density at radius 1 is 1.42 bits per heavy atom. The minimum Gasteiger partial charge on any atom is -0.480 e. The first kappa shape index (κ1) is 13.6. The Morgan fingerprint density at radius 3 is 2.84 bits per heavy atom. The normalized spacial score (nSPS) is 22.6. The van der Waals surface area contributed by atoms with E-state index >= 15 is 0 Å². The highest BCUT2D eigenvalue weighted by Crippen LogP contribution is 2.21. The van der Waals surface area contributed by atoms with Gasteiger partial charge in [0.15, 0.2) is 0 Å². The van der Waals surface area contributed by atoms with Gasteiger partial charge in [0.05, 0.1) is 13.2 Å². The number of aromatic nitrogens is 1. The molecule has 6 heteroatoms. The van der Waals surface area contributed by atoms with Crippen molar-refractivity contribution in [2.45, 2.75) is 37.8 Å². The number of methoxy groups -OCH3 is 1. The van der Waals surface area contributed by atoms with Crippen LogP contribution in [0.3, 0.4) is 0 Å². The molecule has 0 bridgehead atoms. The Labute approximate surface area is 112 Å². The summed E-state index contributed by atoms with van der Waals surface area (Å²) in [6, 6.07) is 3.31. The molecular formula is C13H19N3O3. The molecule has 2 rings (SSSR count). The summed E-state index contributed by atoms with van der Waals surface area (Å²) in [6.45, 7) is 0. The second kappa shape index (κ2) is 6.38. The van der Waals surface area contributed by atoms with E-state index < -0.39 is 0 Å². The third-order valence-corrected chi connectivity index (χ3v) is 3.24. The molecule has 1 aliphatic rings. The Hall–Kier alpha value is -1.82. The predicted molar refractivity (Wildman–Crippen MR) is 71.2 cm³/mol. The highest BCUT2D eigenvalue weighted by atomic mass is 16.5. The number of nitrogens with one attached hydrogen (secondary N) is 2. The summed E-state index contributed by atoms with van der Waals surface area (Å²) in [5.74, 6) is 0.386. The molecule has 0 spiro atoms. The van der Waals surface area contributed by atoms with Crippen molar-refractivity contribution in [3.05, 3.63) is 18.3 Å². The van der Waals surface area contributed by atoms with E-state index in [1.165, 1.54) is 7.11 Å². The van der Waals surface area contributed by atoms with Crippen LogP contribution in [0.15, 0.2) is 18.3 Å². The van der Waals surface area contributed by atoms with Crippen LogP contribution in [0.25, 0.3) is 0 Å². The first-order chi connectivity index (χ1) is 9.19. The number of hydrogen-bond acceptors (Lipinski definition) is 4. The number of urea groups is 1.